The van der Waals surface area contributed by atoms with Gasteiger partial charge in [-0.3, -0.25) is 0 Å². The molecule has 0 N–H and O–H groups in total. The van der Waals surface area contributed by atoms with E-state index in [1.807, 2.05) is 0 Å². The highest BCUT2D eigenvalue weighted by Gasteiger charge is 2.20. The van der Waals surface area contributed by atoms with Gasteiger partial charge in [0.1, 0.15) is 0 Å². The van der Waals surface area contributed by atoms with Gasteiger partial charge in [0, 0.05) is 57.7 Å². The van der Waals surface area contributed by atoms with E-state index in [9.17, 15) is 0 Å². The molecule has 0 atom stereocenters. The minimum absolute atomic E-state index is 1.22. The third kappa shape index (κ3) is 4.79. The zero-order valence-electron chi connectivity index (χ0n) is 32.4. The Bertz CT molecular complexity index is 3460. The maximum Gasteiger partial charge on any atom is 0.0489 e. The molecule has 58 heavy (non-hydrogen) atoms. The van der Waals surface area contributed by atoms with Crippen LogP contribution in [0.4, 0.5) is 0 Å². The molecule has 2 heterocycles. The third-order valence-electron chi connectivity index (χ3n) is 12.7. The van der Waals surface area contributed by atoms with Gasteiger partial charge in [0.15, 0.2) is 0 Å². The summed E-state index contributed by atoms with van der Waals surface area (Å²) in [4.78, 5) is 0. The van der Waals surface area contributed by atoms with Gasteiger partial charge in [-0.1, -0.05) is 140 Å². The van der Waals surface area contributed by atoms with E-state index in [4.69, 9.17) is 0 Å². The van der Waals surface area contributed by atoms with Crippen molar-refractivity contribution in [1.29, 1.82) is 0 Å². The molecule has 0 amide bonds. The van der Waals surface area contributed by atoms with Gasteiger partial charge < -0.3 is 9.13 Å². The second-order valence-corrected chi connectivity index (χ2v) is 15.8. The van der Waals surface area contributed by atoms with Crippen molar-refractivity contribution in [2.75, 3.05) is 0 Å². The number of nitrogens with zero attached hydrogens (tertiary/aromatic N) is 2. The molecule has 0 aliphatic heterocycles. The zero-order chi connectivity index (χ0) is 38.5. The Morgan fingerprint density at radius 2 is 0.741 bits per heavy atom. The Hall–Kier alpha value is -7.42. The van der Waals surface area contributed by atoms with Gasteiger partial charge in [-0.15, -0.1) is 0 Å². The molecule has 0 aliphatic carbocycles. The van der Waals surface area contributed by atoms with Gasteiger partial charge in [0.2, 0.25) is 0 Å². The largest absolute Gasteiger partial charge is 0.344 e. The van der Waals surface area contributed by atoms with Crippen LogP contribution in [0, 0.1) is 0 Å². The lowest BCUT2D eigenvalue weighted by Crippen LogP contribution is -1.93. The molecule has 2 heteroatoms. The molecule has 2 aromatic heterocycles. The standard InChI is InChI=1S/C56H38N2/c1-57-52-24-10-8-18-43(52)49-31-37(26-28-54(49)57)40-20-12-22-45-47(40)34-48-41(38-27-29-55-50(32-38)44-19-9-11-25-53(44)58(55)2)21-13-23-46(48)56(45)51-33-39(35-14-4-3-5-15-35)30-36-16-6-7-17-42(36)51/h3-34H,1-2H3. The third-order valence-corrected chi connectivity index (χ3v) is 12.7. The molecule has 272 valence electrons. The summed E-state index contributed by atoms with van der Waals surface area (Å²) in [5, 5.41) is 12.6. The van der Waals surface area contributed by atoms with Crippen molar-refractivity contribution in [2.24, 2.45) is 14.1 Å². The second kappa shape index (κ2) is 12.5. The summed E-state index contributed by atoms with van der Waals surface area (Å²) in [7, 11) is 4.34. The molecule has 0 fully saturated rings. The number of rotatable bonds is 4. The van der Waals surface area contributed by atoms with Crippen LogP contribution in [-0.2, 0) is 14.1 Å². The van der Waals surface area contributed by atoms with Crippen molar-refractivity contribution in [3.8, 4) is 44.5 Å². The number of hydrogen-bond acceptors (Lipinski definition) is 0. The lowest BCUT2D eigenvalue weighted by Gasteiger charge is -2.19. The molecule has 0 radical (unpaired) electrons. The number of aromatic nitrogens is 2. The van der Waals surface area contributed by atoms with Crippen LogP contribution in [0.25, 0.3) is 120 Å². The molecule has 0 bridgehead atoms. The van der Waals surface area contributed by atoms with E-state index in [0.717, 1.165) is 0 Å². The highest BCUT2D eigenvalue weighted by molar-refractivity contribution is 6.23. The van der Waals surface area contributed by atoms with Crippen LogP contribution in [0.1, 0.15) is 0 Å². The molecule has 2 nitrogen and oxygen atoms in total. The fourth-order valence-corrected chi connectivity index (χ4v) is 9.95. The first-order chi connectivity index (χ1) is 28.6. The second-order valence-electron chi connectivity index (χ2n) is 15.8. The molecule has 0 spiro atoms. The van der Waals surface area contributed by atoms with Crippen molar-refractivity contribution < 1.29 is 0 Å². The maximum atomic E-state index is 2.47. The number of fused-ring (bicyclic) bond motifs is 9. The Labute approximate surface area is 336 Å². The van der Waals surface area contributed by atoms with Crippen molar-refractivity contribution in [3.63, 3.8) is 0 Å². The van der Waals surface area contributed by atoms with Crippen LogP contribution in [0.2, 0.25) is 0 Å². The highest BCUT2D eigenvalue weighted by Crippen LogP contribution is 2.47. The predicted octanol–water partition coefficient (Wildman–Crippen LogP) is 15.1. The van der Waals surface area contributed by atoms with Gasteiger partial charge in [0.05, 0.1) is 0 Å². The van der Waals surface area contributed by atoms with Crippen molar-refractivity contribution in [2.45, 2.75) is 0 Å². The van der Waals surface area contributed by atoms with Crippen molar-refractivity contribution >= 4 is 75.9 Å². The molecule has 12 rings (SSSR count). The van der Waals surface area contributed by atoms with E-state index >= 15 is 0 Å². The minimum Gasteiger partial charge on any atom is -0.344 e. The highest BCUT2D eigenvalue weighted by atomic mass is 14.9. The average Bonchev–Trinajstić information content (AvgIpc) is 3.74. The Morgan fingerprint density at radius 3 is 1.33 bits per heavy atom. The summed E-state index contributed by atoms with van der Waals surface area (Å²) in [6.45, 7) is 0. The molecule has 0 aliphatic rings. The zero-order valence-corrected chi connectivity index (χ0v) is 32.4. The van der Waals surface area contributed by atoms with E-state index in [0.29, 0.717) is 0 Å². The quantitative estimate of drug-likeness (QED) is 0.159. The van der Waals surface area contributed by atoms with E-state index < -0.39 is 0 Å². The topological polar surface area (TPSA) is 9.86 Å². The van der Waals surface area contributed by atoms with Crippen LogP contribution < -0.4 is 0 Å². The summed E-state index contributed by atoms with van der Waals surface area (Å²) in [5.41, 5.74) is 14.8. The smallest absolute Gasteiger partial charge is 0.0489 e. The van der Waals surface area contributed by atoms with Crippen LogP contribution in [0.15, 0.2) is 194 Å². The lowest BCUT2D eigenvalue weighted by atomic mass is 9.84. The van der Waals surface area contributed by atoms with Crippen LogP contribution >= 0.6 is 0 Å². The first kappa shape index (κ1) is 32.8. The van der Waals surface area contributed by atoms with E-state index in [1.54, 1.807) is 0 Å². The van der Waals surface area contributed by atoms with Crippen LogP contribution in [0.3, 0.4) is 0 Å². The summed E-state index contributed by atoms with van der Waals surface area (Å²) < 4.78 is 4.63. The summed E-state index contributed by atoms with van der Waals surface area (Å²) in [5.74, 6) is 0. The molecule has 0 saturated carbocycles. The van der Waals surface area contributed by atoms with Crippen molar-refractivity contribution in [1.82, 2.24) is 9.13 Å². The van der Waals surface area contributed by atoms with Gasteiger partial charge in [0.25, 0.3) is 0 Å². The molecule has 0 saturated heterocycles. The van der Waals surface area contributed by atoms with Gasteiger partial charge in [-0.05, 0) is 131 Å². The van der Waals surface area contributed by atoms with Gasteiger partial charge in [-0.2, -0.15) is 0 Å². The van der Waals surface area contributed by atoms with Crippen molar-refractivity contribution in [3.05, 3.63) is 194 Å². The lowest BCUT2D eigenvalue weighted by molar-refractivity contribution is 1.01. The Balaban J connectivity index is 1.20. The normalized spacial score (nSPS) is 12.0. The molecule has 0 unspecified atom stereocenters. The summed E-state index contributed by atoms with van der Waals surface area (Å²) in [6, 6.07) is 72.3. The fourth-order valence-electron chi connectivity index (χ4n) is 9.95. The van der Waals surface area contributed by atoms with Crippen LogP contribution in [0.5, 0.6) is 0 Å². The Morgan fingerprint density at radius 1 is 0.259 bits per heavy atom. The van der Waals surface area contributed by atoms with Gasteiger partial charge in [-0.25, -0.2) is 0 Å². The summed E-state index contributed by atoms with van der Waals surface area (Å²) >= 11 is 0. The first-order valence-corrected chi connectivity index (χ1v) is 20.1. The number of para-hydroxylation sites is 2. The SMILES string of the molecule is Cn1c2ccccc2c2cc(-c3cccc4c(-c5cc(-c6ccccc6)cc6ccccc56)c5cccc(-c6ccc7c(c6)c6ccccc6n7C)c5cc34)ccc21. The monoisotopic (exact) mass is 738 g/mol. The number of hydrogen-bond donors (Lipinski definition) is 0. The maximum absolute atomic E-state index is 2.47. The predicted molar refractivity (Wildman–Crippen MR) is 249 cm³/mol. The first-order valence-electron chi connectivity index (χ1n) is 20.1. The van der Waals surface area contributed by atoms with E-state index in [1.165, 1.54) is 120 Å². The molecular weight excluding hydrogens is 701 g/mol. The molecule has 10 aromatic carbocycles. The fraction of sp³-hybridized carbons (Fsp3) is 0.0357. The molecular formula is C56H38N2. The summed E-state index contributed by atoms with van der Waals surface area (Å²) in [6.07, 6.45) is 0. The van der Waals surface area contributed by atoms with Crippen LogP contribution in [-0.4, -0.2) is 9.13 Å². The minimum atomic E-state index is 1.22. The average molecular weight is 739 g/mol. The number of benzene rings is 10. The molecule has 12 aromatic rings. The van der Waals surface area contributed by atoms with Gasteiger partial charge >= 0.3 is 0 Å². The van der Waals surface area contributed by atoms with E-state index in [-0.39, 0.29) is 0 Å². The van der Waals surface area contributed by atoms with E-state index in [2.05, 4.69) is 217 Å². The number of aryl methyl sites for hydroxylation is 2. The Kier molecular flexibility index (Phi) is 7.09.